The molecule has 0 saturated carbocycles. The highest BCUT2D eigenvalue weighted by atomic mass is 35.5. The second kappa shape index (κ2) is 5.39. The maximum Gasteiger partial charge on any atom is 0.213 e. The lowest BCUT2D eigenvalue weighted by Gasteiger charge is -2.18. The van der Waals surface area contributed by atoms with E-state index >= 15 is 0 Å². The van der Waals surface area contributed by atoms with Crippen LogP contribution in [0.15, 0.2) is 12.3 Å². The van der Waals surface area contributed by atoms with Gasteiger partial charge in [-0.1, -0.05) is 0 Å². The molecule has 0 aromatic carbocycles. The van der Waals surface area contributed by atoms with Crippen molar-refractivity contribution in [3.8, 4) is 0 Å². The molecule has 0 radical (unpaired) electrons. The van der Waals surface area contributed by atoms with Crippen molar-refractivity contribution < 1.29 is 14.6 Å². The van der Waals surface area contributed by atoms with E-state index in [-0.39, 0.29) is 12.3 Å². The third kappa shape index (κ3) is 3.12. The molecule has 0 aliphatic heterocycles. The molecular weight excluding hydrogens is 221 g/mol. The van der Waals surface area contributed by atoms with Gasteiger partial charge in [0.15, 0.2) is 0 Å². The topological polar surface area (TPSA) is 53.4 Å². The zero-order valence-corrected chi connectivity index (χ0v) is 9.08. The van der Waals surface area contributed by atoms with Gasteiger partial charge in [0.1, 0.15) is 6.10 Å². The van der Waals surface area contributed by atoms with Gasteiger partial charge in [0, 0.05) is 12.1 Å². The summed E-state index contributed by atoms with van der Waals surface area (Å²) in [5.41, 5.74) is 0.984. The highest BCUT2D eigenvalue weighted by Gasteiger charge is 2.20. The summed E-state index contributed by atoms with van der Waals surface area (Å²) in [4.78, 5) is 3.44. The van der Waals surface area contributed by atoms with E-state index in [0.717, 1.165) is 6.07 Å². The summed E-state index contributed by atoms with van der Waals surface area (Å²) in [7, 11) is 0. The summed E-state index contributed by atoms with van der Waals surface area (Å²) in [6.07, 6.45) is -0.530. The molecule has 0 aliphatic rings. The molecule has 1 heterocycles. The highest BCUT2D eigenvalue weighted by molar-refractivity contribution is 6.17. The number of aryl methyl sites for hydroxylation is 1. The SMILES string of the molecule is Cc1cnc(F)cc1C(O)C(O)CCCl. The van der Waals surface area contributed by atoms with Crippen LogP contribution < -0.4 is 0 Å². The monoisotopic (exact) mass is 233 g/mol. The van der Waals surface area contributed by atoms with Gasteiger partial charge < -0.3 is 10.2 Å². The van der Waals surface area contributed by atoms with E-state index < -0.39 is 18.2 Å². The van der Waals surface area contributed by atoms with Crippen molar-refractivity contribution in [1.29, 1.82) is 0 Å². The van der Waals surface area contributed by atoms with Gasteiger partial charge in [-0.3, -0.25) is 0 Å². The van der Waals surface area contributed by atoms with Gasteiger partial charge in [-0.2, -0.15) is 4.39 Å². The number of pyridine rings is 1. The van der Waals surface area contributed by atoms with Crippen LogP contribution in [0, 0.1) is 12.9 Å². The van der Waals surface area contributed by atoms with Gasteiger partial charge in [-0.15, -0.1) is 11.6 Å². The molecule has 2 unspecified atom stereocenters. The number of hydrogen-bond donors (Lipinski definition) is 2. The van der Waals surface area contributed by atoms with Gasteiger partial charge >= 0.3 is 0 Å². The van der Waals surface area contributed by atoms with E-state index in [1.807, 2.05) is 0 Å². The van der Waals surface area contributed by atoms with Crippen LogP contribution in [-0.4, -0.2) is 27.2 Å². The maximum absolute atomic E-state index is 12.8. The zero-order chi connectivity index (χ0) is 11.4. The van der Waals surface area contributed by atoms with Crippen LogP contribution in [-0.2, 0) is 0 Å². The second-order valence-corrected chi connectivity index (χ2v) is 3.73. The van der Waals surface area contributed by atoms with E-state index in [1.165, 1.54) is 6.20 Å². The van der Waals surface area contributed by atoms with E-state index in [1.54, 1.807) is 6.92 Å². The van der Waals surface area contributed by atoms with E-state index in [0.29, 0.717) is 11.1 Å². The van der Waals surface area contributed by atoms with Crippen molar-refractivity contribution in [2.24, 2.45) is 0 Å². The summed E-state index contributed by atoms with van der Waals surface area (Å²) in [6.45, 7) is 1.69. The first kappa shape index (κ1) is 12.4. The number of aromatic nitrogens is 1. The van der Waals surface area contributed by atoms with Crippen LogP contribution in [0.25, 0.3) is 0 Å². The molecule has 1 rings (SSSR count). The van der Waals surface area contributed by atoms with Crippen molar-refractivity contribution in [2.75, 3.05) is 5.88 Å². The van der Waals surface area contributed by atoms with Crippen LogP contribution in [0.3, 0.4) is 0 Å². The fourth-order valence-corrected chi connectivity index (χ4v) is 1.53. The zero-order valence-electron chi connectivity index (χ0n) is 8.32. The molecule has 5 heteroatoms. The predicted molar refractivity (Wildman–Crippen MR) is 55.2 cm³/mol. The number of rotatable bonds is 4. The van der Waals surface area contributed by atoms with Crippen LogP contribution in [0.2, 0.25) is 0 Å². The van der Waals surface area contributed by atoms with Crippen molar-refractivity contribution in [2.45, 2.75) is 25.6 Å². The molecule has 0 amide bonds. The summed E-state index contributed by atoms with van der Waals surface area (Å²) in [5.74, 6) is -0.432. The standard InChI is InChI=1S/C10H13ClFNO2/c1-6-5-13-9(12)4-7(6)10(15)8(14)2-3-11/h4-5,8,10,14-15H,2-3H2,1H3. The number of nitrogens with zero attached hydrogens (tertiary/aromatic N) is 1. The Balaban J connectivity index is 2.89. The molecule has 2 N–H and O–H groups in total. The predicted octanol–water partition coefficient (Wildman–Crippen LogP) is 1.55. The number of alkyl halides is 1. The number of hydrogen-bond acceptors (Lipinski definition) is 3. The third-order valence-corrected chi connectivity index (χ3v) is 2.42. The maximum atomic E-state index is 12.8. The second-order valence-electron chi connectivity index (χ2n) is 3.35. The van der Waals surface area contributed by atoms with Gasteiger partial charge in [0.25, 0.3) is 0 Å². The number of halogens is 2. The molecule has 84 valence electrons. The van der Waals surface area contributed by atoms with Gasteiger partial charge in [0.05, 0.1) is 6.10 Å². The minimum Gasteiger partial charge on any atom is -0.390 e. The Morgan fingerprint density at radius 3 is 2.80 bits per heavy atom. The van der Waals surface area contributed by atoms with Crippen LogP contribution in [0.1, 0.15) is 23.7 Å². The van der Waals surface area contributed by atoms with Gasteiger partial charge in [-0.05, 0) is 30.5 Å². The Morgan fingerprint density at radius 2 is 2.20 bits per heavy atom. The first-order valence-electron chi connectivity index (χ1n) is 4.60. The first-order chi connectivity index (χ1) is 7.06. The number of aliphatic hydroxyl groups is 2. The Bertz CT molecular complexity index is 335. The molecule has 15 heavy (non-hydrogen) atoms. The highest BCUT2D eigenvalue weighted by Crippen LogP contribution is 2.22. The fourth-order valence-electron chi connectivity index (χ4n) is 1.31. The minimum absolute atomic E-state index is 0.241. The molecule has 0 bridgehead atoms. The van der Waals surface area contributed by atoms with Gasteiger partial charge in [-0.25, -0.2) is 4.98 Å². The van der Waals surface area contributed by atoms with Crippen LogP contribution in [0.4, 0.5) is 4.39 Å². The molecule has 0 aliphatic carbocycles. The molecule has 3 nitrogen and oxygen atoms in total. The fraction of sp³-hybridized carbons (Fsp3) is 0.500. The average Bonchev–Trinajstić information content (AvgIpc) is 2.21. The summed E-state index contributed by atoms with van der Waals surface area (Å²) < 4.78 is 12.8. The van der Waals surface area contributed by atoms with Crippen LogP contribution in [0.5, 0.6) is 0 Å². The molecule has 0 spiro atoms. The van der Waals surface area contributed by atoms with Crippen molar-refractivity contribution in [3.63, 3.8) is 0 Å². The lowest BCUT2D eigenvalue weighted by molar-refractivity contribution is 0.0164. The smallest absolute Gasteiger partial charge is 0.213 e. The Hall–Kier alpha value is -0.710. The Kier molecular flexibility index (Phi) is 4.45. The van der Waals surface area contributed by atoms with E-state index in [9.17, 15) is 14.6 Å². The lowest BCUT2D eigenvalue weighted by atomic mass is 10.00. The Morgan fingerprint density at radius 1 is 1.53 bits per heavy atom. The van der Waals surface area contributed by atoms with Crippen LogP contribution >= 0.6 is 11.6 Å². The largest absolute Gasteiger partial charge is 0.390 e. The van der Waals surface area contributed by atoms with Crippen molar-refractivity contribution in [3.05, 3.63) is 29.3 Å². The summed E-state index contributed by atoms with van der Waals surface area (Å²) in [5, 5.41) is 19.2. The van der Waals surface area contributed by atoms with E-state index in [4.69, 9.17) is 11.6 Å². The minimum atomic E-state index is -1.12. The molecule has 2 atom stereocenters. The molecular formula is C10H13ClFNO2. The average molecular weight is 234 g/mol. The normalized spacial score (nSPS) is 15.0. The molecule has 1 aromatic rings. The molecule has 1 aromatic heterocycles. The van der Waals surface area contributed by atoms with E-state index in [2.05, 4.69) is 4.98 Å². The quantitative estimate of drug-likeness (QED) is 0.613. The van der Waals surface area contributed by atoms with Crippen molar-refractivity contribution in [1.82, 2.24) is 4.98 Å². The first-order valence-corrected chi connectivity index (χ1v) is 5.14. The molecule has 0 saturated heterocycles. The summed E-state index contributed by atoms with van der Waals surface area (Å²) in [6, 6.07) is 1.12. The Labute approximate surface area is 92.5 Å². The third-order valence-electron chi connectivity index (χ3n) is 2.20. The van der Waals surface area contributed by atoms with Crippen molar-refractivity contribution >= 4 is 11.6 Å². The number of aliphatic hydroxyl groups excluding tert-OH is 2. The van der Waals surface area contributed by atoms with Gasteiger partial charge in [0.2, 0.25) is 5.95 Å². The lowest BCUT2D eigenvalue weighted by Crippen LogP contribution is -2.19. The molecule has 0 fully saturated rings. The summed E-state index contributed by atoms with van der Waals surface area (Å²) >= 11 is 5.44.